The third-order valence-corrected chi connectivity index (χ3v) is 1.89. The first kappa shape index (κ1) is 3.50. The van der Waals surface area contributed by atoms with Crippen molar-refractivity contribution in [3.63, 3.8) is 0 Å². The average Bonchev–Trinajstić information content (AvgIpc) is 2.58. The minimum absolute atomic E-state index is 0.0589. The smallest absolute Gasteiger partial charge is 0.105 e. The van der Waals surface area contributed by atoms with Crippen LogP contribution in [0.3, 0.4) is 0 Å². The summed E-state index contributed by atoms with van der Waals surface area (Å²) in [7, 11) is 0. The van der Waals surface area contributed by atoms with E-state index in [1.807, 2.05) is 0 Å². The molecule has 0 saturated carbocycles. The van der Waals surface area contributed by atoms with Crippen molar-refractivity contribution in [1.29, 1.82) is 0 Å². The van der Waals surface area contributed by atoms with Gasteiger partial charge in [0.1, 0.15) is 2.74 Å². The molecule has 2 nitrogen and oxygen atoms in total. The Bertz CT molecular complexity index is 762. The minimum Gasteiger partial charge on any atom is -0.472 e. The van der Waals surface area contributed by atoms with E-state index in [2.05, 4.69) is 4.99 Å². The summed E-state index contributed by atoms with van der Waals surface area (Å²) >= 11 is 0. The second-order valence-corrected chi connectivity index (χ2v) is 2.64. The molecule has 2 heteroatoms. The van der Waals surface area contributed by atoms with E-state index in [0.717, 1.165) is 0 Å². The molecule has 1 aromatic carbocycles. The second-order valence-electron chi connectivity index (χ2n) is 2.64. The van der Waals surface area contributed by atoms with Gasteiger partial charge in [-0.05, 0) is 12.1 Å². The highest BCUT2D eigenvalue weighted by molar-refractivity contribution is 6.11. The standard InChI is InChI=1S/C11H7NO/c1-2-9-7-13-5-4-8-6-12-10(3-1)11(8)9/h1-7H/i2D,4D,5D,6D,7D. The lowest BCUT2D eigenvalue weighted by Gasteiger charge is -1.91. The topological polar surface area (TPSA) is 21.6 Å². The first-order chi connectivity index (χ1) is 8.50. The van der Waals surface area contributed by atoms with E-state index < -0.39 is 6.24 Å². The normalized spacial score (nSPS) is 24.6. The summed E-state index contributed by atoms with van der Waals surface area (Å²) in [5.74, 6) is 0. The van der Waals surface area contributed by atoms with Gasteiger partial charge in [-0.15, -0.1) is 0 Å². The van der Waals surface area contributed by atoms with Gasteiger partial charge in [0.15, 0.2) is 0 Å². The van der Waals surface area contributed by atoms with Crippen molar-refractivity contribution < 1.29 is 11.6 Å². The zero-order chi connectivity index (χ0) is 13.0. The van der Waals surface area contributed by atoms with Gasteiger partial charge in [-0.25, -0.2) is 0 Å². The number of benzene rings is 1. The summed E-state index contributed by atoms with van der Waals surface area (Å²) in [6.45, 7) is 0. The van der Waals surface area contributed by atoms with Gasteiger partial charge < -0.3 is 4.74 Å². The van der Waals surface area contributed by atoms with Gasteiger partial charge in [0.25, 0.3) is 0 Å². The predicted octanol–water partition coefficient (Wildman–Crippen LogP) is 0.835. The van der Waals surface area contributed by atoms with Crippen LogP contribution in [0.5, 0.6) is 0 Å². The average molecular weight is 174 g/mol. The van der Waals surface area contributed by atoms with Crippen molar-refractivity contribution in [2.24, 2.45) is 4.99 Å². The fraction of sp³-hybridized carbons (Fsp3) is 0. The largest absolute Gasteiger partial charge is 0.472 e. The molecule has 2 aliphatic rings. The van der Waals surface area contributed by atoms with Crippen molar-refractivity contribution in [3.05, 3.63) is 40.9 Å². The van der Waals surface area contributed by atoms with Crippen molar-refractivity contribution >= 4 is 23.7 Å². The molecular weight excluding hydrogens is 162 g/mol. The number of hydrogen-bond acceptors (Lipinski definition) is 2. The van der Waals surface area contributed by atoms with Crippen LogP contribution in [0.4, 0.5) is 5.69 Å². The number of rotatable bonds is 0. The molecule has 0 atom stereocenters. The molecule has 0 unspecified atom stereocenters. The molecule has 0 radical (unpaired) electrons. The summed E-state index contributed by atoms with van der Waals surface area (Å²) in [5.41, 5.74) is 0.593. The zero-order valence-corrected chi connectivity index (χ0v) is 6.51. The molecule has 2 aliphatic heterocycles. The Morgan fingerprint density at radius 2 is 2.46 bits per heavy atom. The van der Waals surface area contributed by atoms with E-state index in [-0.39, 0.29) is 35.3 Å². The first-order valence-electron chi connectivity index (χ1n) is 6.27. The predicted molar refractivity (Wildman–Crippen MR) is 51.9 cm³/mol. The van der Waals surface area contributed by atoms with Crippen LogP contribution in [-0.4, -0.2) is 6.19 Å². The molecule has 0 amide bonds. The summed E-state index contributed by atoms with van der Waals surface area (Å²) in [6.07, 6.45) is -0.991. The van der Waals surface area contributed by atoms with E-state index in [1.54, 1.807) is 6.07 Å². The monoisotopic (exact) mass is 174 g/mol. The molecule has 0 aliphatic carbocycles. The molecule has 62 valence electrons. The summed E-state index contributed by atoms with van der Waals surface area (Å²) in [5, 5.41) is 0.560. The highest BCUT2D eigenvalue weighted by Crippen LogP contribution is 2.11. The van der Waals surface area contributed by atoms with E-state index >= 15 is 0 Å². The van der Waals surface area contributed by atoms with E-state index in [1.165, 1.54) is 6.07 Å². The number of allylic oxidation sites excluding steroid dienone is 1. The molecule has 0 bridgehead atoms. The Balaban J connectivity index is 2.63. The Hall–Kier alpha value is -1.83. The molecule has 2 heterocycles. The third kappa shape index (κ3) is 0.855. The van der Waals surface area contributed by atoms with E-state index in [4.69, 9.17) is 11.6 Å². The van der Waals surface area contributed by atoms with Crippen molar-refractivity contribution in [3.8, 4) is 0 Å². The number of nitrogens with zero attached hydrogens (tertiary/aromatic N) is 1. The van der Waals surface area contributed by atoms with Crippen molar-refractivity contribution in [2.75, 3.05) is 0 Å². The Morgan fingerprint density at radius 1 is 1.46 bits per heavy atom. The molecule has 0 aromatic heterocycles. The number of hydrogen-bond donors (Lipinski definition) is 0. The van der Waals surface area contributed by atoms with E-state index in [0.29, 0.717) is 10.9 Å². The van der Waals surface area contributed by atoms with Gasteiger partial charge >= 0.3 is 0 Å². The van der Waals surface area contributed by atoms with Crippen LogP contribution in [0.15, 0.2) is 35.5 Å². The minimum atomic E-state index is -0.501. The van der Waals surface area contributed by atoms with Crippen LogP contribution in [0, 0.1) is 0 Å². The quantitative estimate of drug-likeness (QED) is 0.571. The summed E-state index contributed by atoms with van der Waals surface area (Å²) < 4.78 is 43.5. The first-order valence-corrected chi connectivity index (χ1v) is 3.77. The van der Waals surface area contributed by atoms with Gasteiger partial charge in [-0.3, -0.25) is 4.99 Å². The Labute approximate surface area is 82.2 Å². The lowest BCUT2D eigenvalue weighted by molar-refractivity contribution is 0.461. The van der Waals surface area contributed by atoms with Crippen LogP contribution in [0.2, 0.25) is 0 Å². The molecule has 3 rings (SSSR count). The van der Waals surface area contributed by atoms with Gasteiger partial charge in [0.2, 0.25) is 0 Å². The highest BCUT2D eigenvalue weighted by atomic mass is 16.5. The zero-order valence-electron chi connectivity index (χ0n) is 11.5. The van der Waals surface area contributed by atoms with E-state index in [9.17, 15) is 0 Å². The molecule has 13 heavy (non-hydrogen) atoms. The fourth-order valence-corrected chi connectivity index (χ4v) is 1.33. The molecule has 0 N–H and O–H groups in total. The molecular formula is C11H7NO. The van der Waals surface area contributed by atoms with Crippen LogP contribution in [0.1, 0.15) is 6.85 Å². The molecule has 1 aromatic rings. The van der Waals surface area contributed by atoms with Crippen molar-refractivity contribution in [2.45, 2.75) is 0 Å². The molecule has 0 saturated heterocycles. The van der Waals surface area contributed by atoms with Crippen molar-refractivity contribution in [1.82, 2.24) is 0 Å². The van der Waals surface area contributed by atoms with Gasteiger partial charge in [-0.2, -0.15) is 0 Å². The van der Waals surface area contributed by atoms with Crippen LogP contribution in [-0.2, 0) is 4.74 Å². The van der Waals surface area contributed by atoms with Crippen LogP contribution < -0.4 is 10.4 Å². The summed E-state index contributed by atoms with van der Waals surface area (Å²) in [6, 6.07) is 2.81. The SMILES string of the molecule is [2H]C1=Nc2ccc([2H])c3c2=C1C([2H])=C([2H])OC=3[2H]. The maximum Gasteiger partial charge on any atom is 0.105 e. The number of aliphatic imine (C=N–C) groups is 1. The van der Waals surface area contributed by atoms with Gasteiger partial charge in [-0.1, -0.05) is 12.1 Å². The molecule has 0 spiro atoms. The van der Waals surface area contributed by atoms with Crippen LogP contribution in [0.25, 0.3) is 11.8 Å². The number of ether oxygens (including phenoxy) is 1. The maximum absolute atomic E-state index is 7.80. The van der Waals surface area contributed by atoms with Gasteiger partial charge in [0, 0.05) is 22.2 Å². The second kappa shape index (κ2) is 2.33. The lowest BCUT2D eigenvalue weighted by Crippen LogP contribution is -2.24. The third-order valence-electron chi connectivity index (χ3n) is 1.89. The van der Waals surface area contributed by atoms with Crippen LogP contribution >= 0.6 is 0 Å². The summed E-state index contributed by atoms with van der Waals surface area (Å²) in [4.78, 5) is 3.98. The molecule has 0 fully saturated rings. The maximum atomic E-state index is 7.80. The van der Waals surface area contributed by atoms with Gasteiger partial charge in [0.05, 0.1) is 22.3 Å². The Kier molecular flexibility index (Phi) is 0.626. The lowest BCUT2D eigenvalue weighted by atomic mass is 10.1. The Morgan fingerprint density at radius 3 is 3.46 bits per heavy atom. The fourth-order valence-electron chi connectivity index (χ4n) is 1.33. The highest BCUT2D eigenvalue weighted by Gasteiger charge is 2.06.